The maximum atomic E-state index is 13.8. The zero-order valence-electron chi connectivity index (χ0n) is 12.2. The van der Waals surface area contributed by atoms with Crippen molar-refractivity contribution in [3.63, 3.8) is 0 Å². The van der Waals surface area contributed by atoms with Crippen LogP contribution in [0.2, 0.25) is 0 Å². The molecule has 0 aliphatic carbocycles. The van der Waals surface area contributed by atoms with Gasteiger partial charge in [0.1, 0.15) is 0 Å². The first-order valence-corrected chi connectivity index (χ1v) is 6.69. The van der Waals surface area contributed by atoms with Crippen molar-refractivity contribution >= 4 is 0 Å². The lowest BCUT2D eigenvalue weighted by atomic mass is 9.95. The minimum atomic E-state index is -0.408. The number of aryl methyl sites for hydroxylation is 1. The molecule has 19 heavy (non-hydrogen) atoms. The molecule has 2 unspecified atom stereocenters. The molecule has 0 aromatic heterocycles. The minimum absolute atomic E-state index is 0.0187. The Kier molecular flexibility index (Phi) is 5.76. The topological polar surface area (TPSA) is 41.5 Å². The Bertz CT molecular complexity index is 411. The van der Waals surface area contributed by atoms with Crippen molar-refractivity contribution in [2.75, 3.05) is 13.2 Å². The van der Waals surface area contributed by atoms with Gasteiger partial charge in [0.15, 0.2) is 11.6 Å². The number of rotatable bonds is 7. The van der Waals surface area contributed by atoms with E-state index in [1.54, 1.807) is 25.1 Å². The summed E-state index contributed by atoms with van der Waals surface area (Å²) in [5.41, 5.74) is 0.162. The fraction of sp³-hybridized carbons (Fsp3) is 0.600. The van der Waals surface area contributed by atoms with Gasteiger partial charge < -0.3 is 15.2 Å². The van der Waals surface area contributed by atoms with Crippen molar-refractivity contribution in [1.29, 1.82) is 0 Å². The third kappa shape index (κ3) is 4.48. The van der Waals surface area contributed by atoms with Crippen molar-refractivity contribution in [1.82, 2.24) is 5.32 Å². The molecule has 0 saturated heterocycles. The highest BCUT2D eigenvalue weighted by Crippen LogP contribution is 2.23. The maximum absolute atomic E-state index is 13.8. The van der Waals surface area contributed by atoms with Gasteiger partial charge in [0, 0.05) is 12.0 Å². The van der Waals surface area contributed by atoms with Crippen LogP contribution in [0, 0.1) is 12.7 Å². The van der Waals surface area contributed by atoms with Crippen molar-refractivity contribution in [2.45, 2.75) is 45.8 Å². The smallest absolute Gasteiger partial charge is 0.167 e. The molecule has 3 nitrogen and oxygen atoms in total. The Labute approximate surface area is 114 Å². The second kappa shape index (κ2) is 6.87. The molecule has 0 heterocycles. The van der Waals surface area contributed by atoms with E-state index < -0.39 is 5.54 Å². The Morgan fingerprint density at radius 2 is 2.16 bits per heavy atom. The monoisotopic (exact) mass is 269 g/mol. The van der Waals surface area contributed by atoms with E-state index >= 15 is 0 Å². The van der Waals surface area contributed by atoms with Gasteiger partial charge in [-0.15, -0.1) is 0 Å². The van der Waals surface area contributed by atoms with Crippen LogP contribution < -0.4 is 10.1 Å². The second-order valence-electron chi connectivity index (χ2n) is 5.27. The zero-order chi connectivity index (χ0) is 14.5. The lowest BCUT2D eigenvalue weighted by Gasteiger charge is -2.31. The van der Waals surface area contributed by atoms with Gasteiger partial charge >= 0.3 is 0 Å². The van der Waals surface area contributed by atoms with E-state index in [4.69, 9.17) is 4.74 Å². The standard InChI is InChI=1S/C15H24FNO2/c1-5-17-15(4,10-18)9-12(3)19-13-8-6-7-11(2)14(13)16/h6-8,12,17-18H,5,9-10H2,1-4H3. The number of hydrogen-bond acceptors (Lipinski definition) is 3. The normalized spacial score (nSPS) is 15.9. The molecule has 4 heteroatoms. The van der Waals surface area contributed by atoms with Crippen LogP contribution >= 0.6 is 0 Å². The van der Waals surface area contributed by atoms with E-state index in [-0.39, 0.29) is 24.3 Å². The number of likely N-dealkylation sites (N-methyl/N-ethyl adjacent to an activating group) is 1. The van der Waals surface area contributed by atoms with Crippen molar-refractivity contribution in [3.05, 3.63) is 29.6 Å². The molecule has 2 atom stereocenters. The van der Waals surface area contributed by atoms with Gasteiger partial charge in [-0.1, -0.05) is 19.1 Å². The molecule has 1 rings (SSSR count). The summed E-state index contributed by atoms with van der Waals surface area (Å²) in [6, 6.07) is 5.11. The highest BCUT2D eigenvalue weighted by Gasteiger charge is 2.26. The van der Waals surface area contributed by atoms with Crippen LogP contribution in [-0.2, 0) is 0 Å². The second-order valence-corrected chi connectivity index (χ2v) is 5.27. The first-order valence-electron chi connectivity index (χ1n) is 6.69. The molecular weight excluding hydrogens is 245 g/mol. The average Bonchev–Trinajstić information content (AvgIpc) is 2.35. The molecule has 0 aliphatic rings. The fourth-order valence-corrected chi connectivity index (χ4v) is 2.22. The SMILES string of the molecule is CCNC(C)(CO)CC(C)Oc1cccc(C)c1F. The summed E-state index contributed by atoms with van der Waals surface area (Å²) in [5, 5.41) is 12.7. The van der Waals surface area contributed by atoms with Gasteiger partial charge in [-0.05, 0) is 38.9 Å². The van der Waals surface area contributed by atoms with E-state index in [2.05, 4.69) is 5.32 Å². The highest BCUT2D eigenvalue weighted by atomic mass is 19.1. The molecular formula is C15H24FNO2. The van der Waals surface area contributed by atoms with Crippen molar-refractivity contribution in [2.24, 2.45) is 0 Å². The summed E-state index contributed by atoms with van der Waals surface area (Å²) >= 11 is 0. The van der Waals surface area contributed by atoms with Crippen LogP contribution in [0.25, 0.3) is 0 Å². The fourth-order valence-electron chi connectivity index (χ4n) is 2.22. The third-order valence-electron chi connectivity index (χ3n) is 3.18. The Hall–Kier alpha value is -1.13. The average molecular weight is 269 g/mol. The summed E-state index contributed by atoms with van der Waals surface area (Å²) in [5.74, 6) is -0.0483. The summed E-state index contributed by atoms with van der Waals surface area (Å²) in [7, 11) is 0. The van der Waals surface area contributed by atoms with E-state index in [9.17, 15) is 9.50 Å². The number of nitrogens with one attached hydrogen (secondary N) is 1. The lowest BCUT2D eigenvalue weighted by molar-refractivity contribution is 0.108. The lowest BCUT2D eigenvalue weighted by Crippen LogP contribution is -2.48. The maximum Gasteiger partial charge on any atom is 0.167 e. The molecule has 108 valence electrons. The van der Waals surface area contributed by atoms with Crippen molar-refractivity contribution < 1.29 is 14.2 Å². The van der Waals surface area contributed by atoms with Crippen LogP contribution in [0.5, 0.6) is 5.75 Å². The van der Waals surface area contributed by atoms with Crippen LogP contribution in [0.15, 0.2) is 18.2 Å². The molecule has 2 N–H and O–H groups in total. The van der Waals surface area contributed by atoms with Crippen LogP contribution in [-0.4, -0.2) is 29.9 Å². The van der Waals surface area contributed by atoms with Crippen LogP contribution in [0.4, 0.5) is 4.39 Å². The predicted octanol–water partition coefficient (Wildman–Crippen LogP) is 2.65. The Balaban J connectivity index is 2.69. The minimum Gasteiger partial charge on any atom is -0.488 e. The van der Waals surface area contributed by atoms with Crippen LogP contribution in [0.1, 0.15) is 32.8 Å². The molecule has 1 aromatic carbocycles. The van der Waals surface area contributed by atoms with E-state index in [1.165, 1.54) is 0 Å². The number of ether oxygens (including phenoxy) is 1. The molecule has 1 aromatic rings. The first kappa shape index (κ1) is 15.9. The number of hydrogen-bond donors (Lipinski definition) is 2. The summed E-state index contributed by atoms with van der Waals surface area (Å²) in [4.78, 5) is 0. The van der Waals surface area contributed by atoms with E-state index in [0.717, 1.165) is 6.54 Å². The molecule has 0 aliphatic heterocycles. The van der Waals surface area contributed by atoms with Gasteiger partial charge in [0.25, 0.3) is 0 Å². The van der Waals surface area contributed by atoms with Gasteiger partial charge in [0.2, 0.25) is 0 Å². The van der Waals surface area contributed by atoms with Gasteiger partial charge in [-0.25, -0.2) is 4.39 Å². The first-order chi connectivity index (χ1) is 8.91. The summed E-state index contributed by atoms with van der Waals surface area (Å²) < 4.78 is 19.5. The predicted molar refractivity (Wildman–Crippen MR) is 75.0 cm³/mol. The summed E-state index contributed by atoms with van der Waals surface area (Å²) in [6.07, 6.45) is 0.414. The largest absolute Gasteiger partial charge is 0.488 e. The number of halogens is 1. The quantitative estimate of drug-likeness (QED) is 0.799. The molecule has 0 saturated carbocycles. The van der Waals surface area contributed by atoms with Crippen LogP contribution in [0.3, 0.4) is 0 Å². The van der Waals surface area contributed by atoms with Crippen molar-refractivity contribution in [3.8, 4) is 5.75 Å². The van der Waals surface area contributed by atoms with E-state index in [1.807, 2.05) is 20.8 Å². The Morgan fingerprint density at radius 1 is 1.47 bits per heavy atom. The van der Waals surface area contributed by atoms with Gasteiger partial charge in [-0.2, -0.15) is 0 Å². The molecule has 0 bridgehead atoms. The molecule has 0 amide bonds. The number of aliphatic hydroxyl groups is 1. The van der Waals surface area contributed by atoms with Gasteiger partial charge in [-0.3, -0.25) is 0 Å². The Morgan fingerprint density at radius 3 is 2.74 bits per heavy atom. The number of aliphatic hydroxyl groups excluding tert-OH is 1. The summed E-state index contributed by atoms with van der Waals surface area (Å²) in [6.45, 7) is 8.30. The third-order valence-corrected chi connectivity index (χ3v) is 3.18. The molecule has 0 fully saturated rings. The molecule has 0 spiro atoms. The molecule has 0 radical (unpaired) electrons. The highest BCUT2D eigenvalue weighted by molar-refractivity contribution is 5.30. The zero-order valence-corrected chi connectivity index (χ0v) is 12.2. The van der Waals surface area contributed by atoms with Gasteiger partial charge in [0.05, 0.1) is 12.7 Å². The van der Waals surface area contributed by atoms with E-state index in [0.29, 0.717) is 12.0 Å². The number of benzene rings is 1.